The zero-order valence-electron chi connectivity index (χ0n) is 10.2. The van der Waals surface area contributed by atoms with Crippen LogP contribution in [0, 0.1) is 0 Å². The van der Waals surface area contributed by atoms with Gasteiger partial charge in [0.1, 0.15) is 5.75 Å². The Labute approximate surface area is 103 Å². The van der Waals surface area contributed by atoms with Gasteiger partial charge in [-0.2, -0.15) is 11.8 Å². The Kier molecular flexibility index (Phi) is 6.34. The minimum absolute atomic E-state index is 0.594. The number of hydrogen-bond acceptors (Lipinski definition) is 3. The van der Waals surface area contributed by atoms with Crippen LogP contribution in [0.4, 0.5) is 0 Å². The van der Waals surface area contributed by atoms with Gasteiger partial charge in [0.25, 0.3) is 0 Å². The summed E-state index contributed by atoms with van der Waals surface area (Å²) in [5.74, 6) is 3.20. The van der Waals surface area contributed by atoms with E-state index in [0.29, 0.717) is 6.54 Å². The van der Waals surface area contributed by atoms with E-state index in [1.807, 2.05) is 23.9 Å². The zero-order chi connectivity index (χ0) is 11.8. The first kappa shape index (κ1) is 13.4. The Morgan fingerprint density at radius 3 is 2.81 bits per heavy atom. The molecule has 0 heterocycles. The molecular formula is C13H21NOS. The van der Waals surface area contributed by atoms with Gasteiger partial charge in [0.15, 0.2) is 0 Å². The molecule has 0 aliphatic carbocycles. The number of nitrogens with two attached hydrogens (primary N) is 1. The molecule has 1 rings (SSSR count). The van der Waals surface area contributed by atoms with Crippen molar-refractivity contribution in [1.29, 1.82) is 0 Å². The van der Waals surface area contributed by atoms with Gasteiger partial charge in [0, 0.05) is 17.9 Å². The third-order valence-electron chi connectivity index (χ3n) is 2.48. The molecule has 90 valence electrons. The minimum atomic E-state index is 0.594. The normalized spacial score (nSPS) is 10.4. The van der Waals surface area contributed by atoms with Crippen LogP contribution in [0.2, 0.25) is 0 Å². The molecule has 0 saturated carbocycles. The summed E-state index contributed by atoms with van der Waals surface area (Å²) in [5, 5.41) is 0. The van der Waals surface area contributed by atoms with Crippen LogP contribution in [0.1, 0.15) is 30.9 Å². The lowest BCUT2D eigenvalue weighted by Crippen LogP contribution is -1.99. The Balaban J connectivity index is 2.60. The first-order valence-electron chi connectivity index (χ1n) is 5.75. The molecule has 2 nitrogen and oxygen atoms in total. The third kappa shape index (κ3) is 4.06. The van der Waals surface area contributed by atoms with Gasteiger partial charge in [-0.25, -0.2) is 0 Å². The summed E-state index contributed by atoms with van der Waals surface area (Å²) in [6.07, 6.45) is 2.54. The van der Waals surface area contributed by atoms with Crippen LogP contribution in [0.25, 0.3) is 0 Å². The molecule has 1 aromatic rings. The highest BCUT2D eigenvalue weighted by molar-refractivity contribution is 7.98. The number of rotatable bonds is 7. The highest BCUT2D eigenvalue weighted by atomic mass is 32.2. The summed E-state index contributed by atoms with van der Waals surface area (Å²) < 4.78 is 5.35. The second kappa shape index (κ2) is 7.58. The number of methoxy groups -OCH3 is 1. The molecule has 0 saturated heterocycles. The highest BCUT2D eigenvalue weighted by Gasteiger charge is 2.03. The van der Waals surface area contributed by atoms with Crippen LogP contribution in [0.5, 0.6) is 5.75 Å². The molecule has 0 unspecified atom stereocenters. The molecular weight excluding hydrogens is 218 g/mol. The second-order valence-electron chi connectivity index (χ2n) is 3.76. The summed E-state index contributed by atoms with van der Waals surface area (Å²) in [6.45, 7) is 2.81. The van der Waals surface area contributed by atoms with Crippen LogP contribution in [-0.4, -0.2) is 12.9 Å². The highest BCUT2D eigenvalue weighted by Crippen LogP contribution is 2.24. The molecule has 16 heavy (non-hydrogen) atoms. The topological polar surface area (TPSA) is 35.2 Å². The summed E-state index contributed by atoms with van der Waals surface area (Å²) in [4.78, 5) is 0. The summed E-state index contributed by atoms with van der Waals surface area (Å²) >= 11 is 1.96. The molecule has 0 radical (unpaired) electrons. The number of benzene rings is 1. The van der Waals surface area contributed by atoms with Crippen molar-refractivity contribution in [3.8, 4) is 5.75 Å². The van der Waals surface area contributed by atoms with Gasteiger partial charge < -0.3 is 10.5 Å². The maximum Gasteiger partial charge on any atom is 0.122 e. The molecule has 0 atom stereocenters. The molecule has 2 N–H and O–H groups in total. The Bertz CT molecular complexity index is 315. The maximum absolute atomic E-state index is 5.64. The van der Waals surface area contributed by atoms with Crippen molar-refractivity contribution in [2.24, 2.45) is 5.73 Å². The van der Waals surface area contributed by atoms with E-state index >= 15 is 0 Å². The van der Waals surface area contributed by atoms with Crippen LogP contribution in [0.3, 0.4) is 0 Å². The van der Waals surface area contributed by atoms with Crippen LogP contribution in [-0.2, 0) is 12.3 Å². The first-order chi connectivity index (χ1) is 7.81. The lowest BCUT2D eigenvalue weighted by molar-refractivity contribution is 0.411. The predicted molar refractivity (Wildman–Crippen MR) is 72.0 cm³/mol. The number of thioether (sulfide) groups is 1. The van der Waals surface area contributed by atoms with Crippen molar-refractivity contribution >= 4 is 11.8 Å². The molecule has 0 bridgehead atoms. The Morgan fingerprint density at radius 1 is 1.38 bits per heavy atom. The molecule has 0 aliphatic heterocycles. The third-order valence-corrected chi connectivity index (χ3v) is 3.57. The quantitative estimate of drug-likeness (QED) is 0.742. The van der Waals surface area contributed by atoms with Crippen molar-refractivity contribution in [3.05, 3.63) is 29.3 Å². The van der Waals surface area contributed by atoms with Gasteiger partial charge >= 0.3 is 0 Å². The van der Waals surface area contributed by atoms with Crippen LogP contribution in [0.15, 0.2) is 18.2 Å². The number of ether oxygens (including phenoxy) is 1. The van der Waals surface area contributed by atoms with Crippen LogP contribution < -0.4 is 10.5 Å². The lowest BCUT2D eigenvalue weighted by Gasteiger charge is -2.09. The van der Waals surface area contributed by atoms with Crippen LogP contribution >= 0.6 is 11.8 Å². The molecule has 0 aliphatic rings. The van der Waals surface area contributed by atoms with Gasteiger partial charge in [-0.15, -0.1) is 0 Å². The molecule has 1 aromatic carbocycles. The van der Waals surface area contributed by atoms with Gasteiger partial charge in [0.05, 0.1) is 7.11 Å². The molecule has 0 fully saturated rings. The summed E-state index contributed by atoms with van der Waals surface area (Å²) in [6, 6.07) is 6.19. The van der Waals surface area contributed by atoms with E-state index in [1.54, 1.807) is 7.11 Å². The Morgan fingerprint density at radius 2 is 2.19 bits per heavy atom. The first-order valence-corrected chi connectivity index (χ1v) is 6.90. The van der Waals surface area contributed by atoms with E-state index in [1.165, 1.54) is 29.7 Å². The predicted octanol–water partition coefficient (Wildman–Crippen LogP) is 3.19. The Hall–Kier alpha value is -0.670. The number of unbranched alkanes of at least 4 members (excludes halogenated alkanes) is 1. The van der Waals surface area contributed by atoms with E-state index in [2.05, 4.69) is 13.0 Å². The standard InChI is InChI=1S/C13H21NOS/c1-3-4-7-16-10-12-8-11(9-14)5-6-13(12)15-2/h5-6,8H,3-4,7,9-10,14H2,1-2H3. The number of hydrogen-bond donors (Lipinski definition) is 1. The second-order valence-corrected chi connectivity index (χ2v) is 4.86. The SMILES string of the molecule is CCCCSCc1cc(CN)ccc1OC. The van der Waals surface area contributed by atoms with E-state index in [4.69, 9.17) is 10.5 Å². The van der Waals surface area contributed by atoms with E-state index in [-0.39, 0.29) is 0 Å². The fourth-order valence-corrected chi connectivity index (χ4v) is 2.58. The van der Waals surface area contributed by atoms with E-state index < -0.39 is 0 Å². The van der Waals surface area contributed by atoms with Crippen molar-refractivity contribution < 1.29 is 4.74 Å². The van der Waals surface area contributed by atoms with Gasteiger partial charge in [0.2, 0.25) is 0 Å². The van der Waals surface area contributed by atoms with Crippen molar-refractivity contribution in [3.63, 3.8) is 0 Å². The molecule has 0 spiro atoms. The van der Waals surface area contributed by atoms with E-state index in [9.17, 15) is 0 Å². The van der Waals surface area contributed by atoms with Crippen molar-refractivity contribution in [2.45, 2.75) is 32.1 Å². The van der Waals surface area contributed by atoms with Gasteiger partial charge in [-0.1, -0.05) is 19.4 Å². The monoisotopic (exact) mass is 239 g/mol. The molecule has 0 amide bonds. The lowest BCUT2D eigenvalue weighted by atomic mass is 10.1. The van der Waals surface area contributed by atoms with Gasteiger partial charge in [-0.3, -0.25) is 0 Å². The average Bonchev–Trinajstić information content (AvgIpc) is 2.34. The molecule has 3 heteroatoms. The fourth-order valence-electron chi connectivity index (χ4n) is 1.50. The minimum Gasteiger partial charge on any atom is -0.496 e. The summed E-state index contributed by atoms with van der Waals surface area (Å²) in [7, 11) is 1.72. The zero-order valence-corrected chi connectivity index (χ0v) is 11.0. The van der Waals surface area contributed by atoms with E-state index in [0.717, 1.165) is 11.5 Å². The van der Waals surface area contributed by atoms with Crippen molar-refractivity contribution in [2.75, 3.05) is 12.9 Å². The summed E-state index contributed by atoms with van der Waals surface area (Å²) in [5.41, 5.74) is 8.07. The smallest absolute Gasteiger partial charge is 0.122 e. The average molecular weight is 239 g/mol. The molecule has 0 aromatic heterocycles. The largest absolute Gasteiger partial charge is 0.496 e. The van der Waals surface area contributed by atoms with Crippen molar-refractivity contribution in [1.82, 2.24) is 0 Å². The van der Waals surface area contributed by atoms with Gasteiger partial charge in [-0.05, 0) is 29.9 Å². The fraction of sp³-hybridized carbons (Fsp3) is 0.538. The maximum atomic E-state index is 5.64.